The first-order valence-electron chi connectivity index (χ1n) is 11.1. The predicted octanol–water partition coefficient (Wildman–Crippen LogP) is 5.00. The maximum atomic E-state index is 13.0. The maximum Gasteiger partial charge on any atom is 0.258 e. The third-order valence-corrected chi connectivity index (χ3v) is 6.39. The molecule has 0 aliphatic carbocycles. The van der Waals surface area contributed by atoms with Crippen LogP contribution in [0.1, 0.15) is 42.8 Å². The molecule has 4 rings (SSSR count). The van der Waals surface area contributed by atoms with Gasteiger partial charge in [0, 0.05) is 51.9 Å². The van der Waals surface area contributed by atoms with Gasteiger partial charge < -0.3 is 20.7 Å². The number of anilines is 1. The van der Waals surface area contributed by atoms with E-state index < -0.39 is 6.10 Å². The monoisotopic (exact) mass is 499 g/mol. The highest BCUT2D eigenvalue weighted by molar-refractivity contribution is 6.36. The van der Waals surface area contributed by atoms with Crippen molar-refractivity contribution in [3.05, 3.63) is 69.8 Å². The van der Waals surface area contributed by atoms with Gasteiger partial charge >= 0.3 is 0 Å². The van der Waals surface area contributed by atoms with Crippen molar-refractivity contribution in [2.24, 2.45) is 0 Å². The summed E-state index contributed by atoms with van der Waals surface area (Å²) in [6.45, 7) is 7.35. The minimum absolute atomic E-state index is 0.0182. The van der Waals surface area contributed by atoms with E-state index >= 15 is 0 Å². The van der Waals surface area contributed by atoms with E-state index in [-0.39, 0.29) is 29.7 Å². The summed E-state index contributed by atoms with van der Waals surface area (Å²) in [6, 6.07) is 13.1. The number of nitrogens with zero attached hydrogens (tertiary/aromatic N) is 3. The molecular weight excluding hydrogens is 473 g/mol. The molecule has 3 unspecified atom stereocenters. The minimum Gasteiger partial charge on any atom is -0.467 e. The first-order chi connectivity index (χ1) is 16.2. The highest BCUT2D eigenvalue weighted by Gasteiger charge is 2.25. The van der Waals surface area contributed by atoms with Crippen LogP contribution in [0.4, 0.5) is 5.82 Å². The Morgan fingerprint density at radius 1 is 1.12 bits per heavy atom. The van der Waals surface area contributed by atoms with Crippen molar-refractivity contribution in [1.29, 1.82) is 0 Å². The van der Waals surface area contributed by atoms with Crippen molar-refractivity contribution >= 4 is 34.9 Å². The van der Waals surface area contributed by atoms with Gasteiger partial charge in [-0.1, -0.05) is 41.4 Å². The number of benzene rings is 2. The van der Waals surface area contributed by atoms with Gasteiger partial charge in [-0.05, 0) is 45.0 Å². The van der Waals surface area contributed by atoms with Crippen LogP contribution in [0.25, 0.3) is 11.3 Å². The molecule has 1 saturated heterocycles. The fourth-order valence-electron chi connectivity index (χ4n) is 4.19. The number of carbonyl (C=O) groups excluding carboxylic acids is 1. The van der Waals surface area contributed by atoms with Gasteiger partial charge in [0.05, 0.1) is 11.9 Å². The Balaban J connectivity index is 1.53. The Morgan fingerprint density at radius 2 is 1.74 bits per heavy atom. The number of rotatable bonds is 5. The average molecular weight is 500 g/mol. The quantitative estimate of drug-likeness (QED) is 0.513. The van der Waals surface area contributed by atoms with E-state index in [9.17, 15) is 4.79 Å². The number of amides is 1. The van der Waals surface area contributed by atoms with E-state index in [0.29, 0.717) is 40.0 Å². The fraction of sp³-hybridized carbons (Fsp3) is 0.320. The van der Waals surface area contributed by atoms with Crippen LogP contribution in [0.15, 0.2) is 48.7 Å². The van der Waals surface area contributed by atoms with E-state index in [0.717, 1.165) is 5.56 Å². The molecule has 1 aliphatic rings. The molecule has 2 aromatic carbocycles. The number of ether oxygens (including phenoxy) is 1. The average Bonchev–Trinajstić information content (AvgIpc) is 2.79. The molecule has 0 bridgehead atoms. The third-order valence-electron chi connectivity index (χ3n) is 5.73. The number of carbonyl (C=O) groups is 1. The van der Waals surface area contributed by atoms with E-state index in [4.69, 9.17) is 33.7 Å². The summed E-state index contributed by atoms with van der Waals surface area (Å²) < 4.78 is 5.98. The van der Waals surface area contributed by atoms with Gasteiger partial charge in [0.25, 0.3) is 11.8 Å². The van der Waals surface area contributed by atoms with Crippen molar-refractivity contribution in [3.63, 3.8) is 0 Å². The summed E-state index contributed by atoms with van der Waals surface area (Å²) >= 11 is 12.6. The zero-order chi connectivity index (χ0) is 24.4. The van der Waals surface area contributed by atoms with Crippen LogP contribution in [0.2, 0.25) is 10.0 Å². The van der Waals surface area contributed by atoms with Gasteiger partial charge in [0.2, 0.25) is 0 Å². The van der Waals surface area contributed by atoms with Crippen LogP contribution in [-0.4, -0.2) is 45.9 Å². The molecule has 1 amide bonds. The van der Waals surface area contributed by atoms with Crippen LogP contribution >= 0.6 is 23.2 Å². The fourth-order valence-corrected chi connectivity index (χ4v) is 4.90. The molecule has 0 spiro atoms. The molecule has 9 heteroatoms. The van der Waals surface area contributed by atoms with Gasteiger partial charge in [-0.15, -0.1) is 0 Å². The molecule has 3 aromatic rings. The Morgan fingerprint density at radius 3 is 2.35 bits per heavy atom. The molecule has 1 aliphatic heterocycles. The highest BCUT2D eigenvalue weighted by atomic mass is 35.5. The lowest BCUT2D eigenvalue weighted by atomic mass is 10.1. The predicted molar refractivity (Wildman–Crippen MR) is 135 cm³/mol. The van der Waals surface area contributed by atoms with E-state index in [2.05, 4.69) is 29.1 Å². The van der Waals surface area contributed by atoms with Gasteiger partial charge in [0.1, 0.15) is 6.10 Å². The molecule has 1 aromatic heterocycles. The number of hydrogen-bond donors (Lipinski definition) is 2. The van der Waals surface area contributed by atoms with Crippen LogP contribution in [0.3, 0.4) is 0 Å². The lowest BCUT2D eigenvalue weighted by Crippen LogP contribution is -2.55. The molecule has 0 saturated carbocycles. The third kappa shape index (κ3) is 5.27. The number of halogens is 2. The molecule has 0 radical (unpaired) electrons. The topological polar surface area (TPSA) is 93.4 Å². The van der Waals surface area contributed by atoms with E-state index in [1.165, 1.54) is 0 Å². The lowest BCUT2D eigenvalue weighted by molar-refractivity contribution is 0.0674. The number of piperazine rings is 1. The molecule has 7 nitrogen and oxygen atoms in total. The second-order valence-electron chi connectivity index (χ2n) is 8.60. The second kappa shape index (κ2) is 10.2. The summed E-state index contributed by atoms with van der Waals surface area (Å²) in [5.74, 6) is 0.363. The SMILES string of the molecule is CC1CN(C(=O)c2ccc(-c3cnc(N)c(OC(C)c4c(Cl)cccc4Cl)n3)cc2)CC(C)N1. The standard InChI is InChI=1S/C25H27Cl2N5O2/c1-14-12-32(13-15(2)30-14)25(33)18-9-7-17(8-10-18)21-11-29-23(28)24(31-21)34-16(3)22-19(26)5-4-6-20(22)27/h4-11,14-16,30H,12-13H2,1-3H3,(H2,28,29). The first-order valence-corrected chi connectivity index (χ1v) is 11.9. The molecular formula is C25H27Cl2N5O2. The van der Waals surface area contributed by atoms with Crippen LogP contribution < -0.4 is 15.8 Å². The Kier molecular flexibility index (Phi) is 7.26. The smallest absolute Gasteiger partial charge is 0.258 e. The van der Waals surface area contributed by atoms with Gasteiger partial charge in [0.15, 0.2) is 5.82 Å². The summed E-state index contributed by atoms with van der Waals surface area (Å²) in [7, 11) is 0. The summed E-state index contributed by atoms with van der Waals surface area (Å²) in [5.41, 5.74) is 8.67. The number of nitrogen functional groups attached to an aromatic ring is 1. The maximum absolute atomic E-state index is 13.0. The number of aromatic nitrogens is 2. The largest absolute Gasteiger partial charge is 0.467 e. The number of nitrogens with one attached hydrogen (secondary N) is 1. The Bertz CT molecular complexity index is 1160. The molecule has 178 valence electrons. The first kappa shape index (κ1) is 24.3. The van der Waals surface area contributed by atoms with Gasteiger partial charge in [-0.2, -0.15) is 0 Å². The summed E-state index contributed by atoms with van der Waals surface area (Å²) in [6.07, 6.45) is 1.09. The van der Waals surface area contributed by atoms with E-state index in [1.54, 1.807) is 36.5 Å². The van der Waals surface area contributed by atoms with Crippen LogP contribution in [-0.2, 0) is 0 Å². The zero-order valence-corrected chi connectivity index (χ0v) is 20.8. The van der Waals surface area contributed by atoms with Gasteiger partial charge in [-0.25, -0.2) is 9.97 Å². The number of nitrogens with two attached hydrogens (primary N) is 1. The minimum atomic E-state index is -0.489. The second-order valence-corrected chi connectivity index (χ2v) is 9.41. The normalized spacial score (nSPS) is 19.0. The molecule has 3 N–H and O–H groups in total. The Hall–Kier alpha value is -2.87. The van der Waals surface area contributed by atoms with Crippen molar-refractivity contribution < 1.29 is 9.53 Å². The number of hydrogen-bond acceptors (Lipinski definition) is 6. The zero-order valence-electron chi connectivity index (χ0n) is 19.3. The molecule has 2 heterocycles. The van der Waals surface area contributed by atoms with Gasteiger partial charge in [-0.3, -0.25) is 4.79 Å². The van der Waals surface area contributed by atoms with Crippen molar-refractivity contribution in [2.45, 2.75) is 39.0 Å². The molecule has 3 atom stereocenters. The van der Waals surface area contributed by atoms with Crippen molar-refractivity contribution in [2.75, 3.05) is 18.8 Å². The molecule has 34 heavy (non-hydrogen) atoms. The van der Waals surface area contributed by atoms with E-state index in [1.807, 2.05) is 24.0 Å². The van der Waals surface area contributed by atoms with Crippen molar-refractivity contribution in [1.82, 2.24) is 20.2 Å². The van der Waals surface area contributed by atoms with Crippen LogP contribution in [0, 0.1) is 0 Å². The lowest BCUT2D eigenvalue weighted by Gasteiger charge is -2.36. The Labute approximate surface area is 209 Å². The molecule has 1 fully saturated rings. The highest BCUT2D eigenvalue weighted by Crippen LogP contribution is 2.34. The van der Waals surface area contributed by atoms with Crippen LogP contribution in [0.5, 0.6) is 5.88 Å². The summed E-state index contributed by atoms with van der Waals surface area (Å²) in [5, 5.41) is 4.43. The summed E-state index contributed by atoms with van der Waals surface area (Å²) in [4.78, 5) is 23.6. The van der Waals surface area contributed by atoms with Crippen molar-refractivity contribution in [3.8, 4) is 17.1 Å².